The van der Waals surface area contributed by atoms with Crippen LogP contribution in [0, 0.1) is 5.92 Å². The lowest BCUT2D eigenvalue weighted by molar-refractivity contribution is 0.529. The Morgan fingerprint density at radius 3 is 2.25 bits per heavy atom. The first-order chi connectivity index (χ1) is 3.72. The molecule has 3 unspecified atom stereocenters. The van der Waals surface area contributed by atoms with Gasteiger partial charge < -0.3 is 5.32 Å². The van der Waals surface area contributed by atoms with Gasteiger partial charge in [-0.15, -0.1) is 0 Å². The zero-order valence-electron chi connectivity index (χ0n) is 5.32. The van der Waals surface area contributed by atoms with Gasteiger partial charge in [0.25, 0.3) is 0 Å². The highest BCUT2D eigenvalue weighted by atomic mass is 127. The van der Waals surface area contributed by atoms with Crippen LogP contribution in [-0.2, 0) is 0 Å². The lowest BCUT2D eigenvalue weighted by Crippen LogP contribution is -2.20. The van der Waals surface area contributed by atoms with Crippen molar-refractivity contribution >= 4 is 22.6 Å². The second-order valence-electron chi connectivity index (χ2n) is 2.57. The molecule has 0 aliphatic carbocycles. The Morgan fingerprint density at radius 1 is 1.50 bits per heavy atom. The van der Waals surface area contributed by atoms with Gasteiger partial charge in [0.15, 0.2) is 0 Å². The van der Waals surface area contributed by atoms with Crippen LogP contribution in [0.2, 0.25) is 0 Å². The maximum atomic E-state index is 3.41. The van der Waals surface area contributed by atoms with Crippen molar-refractivity contribution in [2.45, 2.75) is 23.8 Å². The van der Waals surface area contributed by atoms with Crippen molar-refractivity contribution in [3.63, 3.8) is 0 Å². The minimum absolute atomic E-state index is 0.733. The van der Waals surface area contributed by atoms with Crippen LogP contribution in [-0.4, -0.2) is 16.5 Å². The molecular weight excluding hydrogens is 213 g/mol. The smallest absolute Gasteiger partial charge is 0.0275 e. The van der Waals surface area contributed by atoms with Gasteiger partial charge >= 0.3 is 0 Å². The highest BCUT2D eigenvalue weighted by Gasteiger charge is 2.26. The summed E-state index contributed by atoms with van der Waals surface area (Å²) in [5, 5.41) is 3.41. The summed E-state index contributed by atoms with van der Waals surface area (Å²) in [6.07, 6.45) is 0. The monoisotopic (exact) mass is 225 g/mol. The van der Waals surface area contributed by atoms with E-state index in [2.05, 4.69) is 41.8 Å². The van der Waals surface area contributed by atoms with Crippen molar-refractivity contribution < 1.29 is 0 Å². The molecule has 1 fully saturated rings. The van der Waals surface area contributed by atoms with Crippen LogP contribution >= 0.6 is 22.6 Å². The fourth-order valence-corrected chi connectivity index (χ4v) is 1.86. The van der Waals surface area contributed by atoms with Crippen molar-refractivity contribution in [3.8, 4) is 0 Å². The third kappa shape index (κ3) is 1.16. The quantitative estimate of drug-likeness (QED) is 0.485. The normalized spacial score (nSPS) is 47.6. The van der Waals surface area contributed by atoms with E-state index in [0.717, 1.165) is 15.9 Å². The summed E-state index contributed by atoms with van der Waals surface area (Å²) in [5.74, 6) is 0.857. The first-order valence-electron chi connectivity index (χ1n) is 3.09. The molecule has 8 heavy (non-hydrogen) atoms. The number of halogens is 1. The fourth-order valence-electron chi connectivity index (χ4n) is 0.983. The number of rotatable bonds is 0. The van der Waals surface area contributed by atoms with Crippen LogP contribution in [0.3, 0.4) is 0 Å². The molecule has 2 heteroatoms. The first kappa shape index (κ1) is 6.81. The summed E-state index contributed by atoms with van der Waals surface area (Å²) >= 11 is 2.51. The average molecular weight is 225 g/mol. The third-order valence-electron chi connectivity index (χ3n) is 1.99. The van der Waals surface area contributed by atoms with Crippen molar-refractivity contribution in [2.24, 2.45) is 5.92 Å². The Bertz CT molecular complexity index is 74.6. The lowest BCUT2D eigenvalue weighted by Gasteiger charge is -2.09. The van der Waals surface area contributed by atoms with E-state index in [1.165, 1.54) is 6.54 Å². The Labute approximate surface area is 64.4 Å². The predicted octanol–water partition coefficient (Wildman–Crippen LogP) is 1.42. The van der Waals surface area contributed by atoms with Crippen LogP contribution in [0.1, 0.15) is 13.8 Å². The molecule has 0 aromatic heterocycles. The molecule has 1 N–H and O–H groups in total. The van der Waals surface area contributed by atoms with E-state index in [9.17, 15) is 0 Å². The van der Waals surface area contributed by atoms with Crippen LogP contribution in [0.15, 0.2) is 0 Å². The largest absolute Gasteiger partial charge is 0.313 e. The Balaban J connectivity index is 2.44. The van der Waals surface area contributed by atoms with Gasteiger partial charge in [0.05, 0.1) is 0 Å². The third-order valence-corrected chi connectivity index (χ3v) is 3.57. The molecule has 0 aromatic carbocycles. The minimum atomic E-state index is 0.733. The van der Waals surface area contributed by atoms with Crippen molar-refractivity contribution in [3.05, 3.63) is 0 Å². The number of nitrogens with one attached hydrogen (secondary N) is 1. The summed E-state index contributed by atoms with van der Waals surface area (Å²) in [4.78, 5) is 0. The fraction of sp³-hybridized carbons (Fsp3) is 1.00. The molecular formula is C6H12IN. The molecule has 0 bridgehead atoms. The minimum Gasteiger partial charge on any atom is -0.313 e. The van der Waals surface area contributed by atoms with E-state index in [4.69, 9.17) is 0 Å². The molecule has 0 spiro atoms. The number of alkyl halides is 1. The maximum absolute atomic E-state index is 3.41. The van der Waals surface area contributed by atoms with Gasteiger partial charge in [0, 0.05) is 16.5 Å². The topological polar surface area (TPSA) is 12.0 Å². The summed E-state index contributed by atoms with van der Waals surface area (Å²) < 4.78 is 0.850. The zero-order valence-corrected chi connectivity index (χ0v) is 7.47. The van der Waals surface area contributed by atoms with Gasteiger partial charge in [-0.05, 0) is 12.8 Å². The molecule has 0 aromatic rings. The van der Waals surface area contributed by atoms with E-state index in [1.807, 2.05) is 0 Å². The van der Waals surface area contributed by atoms with Crippen molar-refractivity contribution in [1.29, 1.82) is 0 Å². The highest BCUT2D eigenvalue weighted by Crippen LogP contribution is 2.21. The molecule has 3 atom stereocenters. The molecule has 1 aliphatic heterocycles. The molecule has 48 valence electrons. The summed E-state index contributed by atoms with van der Waals surface area (Å²) in [7, 11) is 0. The maximum Gasteiger partial charge on any atom is 0.0275 e. The standard InChI is InChI=1S/C6H12IN/c1-4-5(2)8-3-6(4)7/h4-6,8H,3H2,1-2H3. The van der Waals surface area contributed by atoms with Gasteiger partial charge in [-0.2, -0.15) is 0 Å². The first-order valence-corrected chi connectivity index (χ1v) is 4.34. The molecule has 1 aliphatic rings. The van der Waals surface area contributed by atoms with Gasteiger partial charge in [0.2, 0.25) is 0 Å². The molecule has 0 saturated carbocycles. The van der Waals surface area contributed by atoms with Crippen molar-refractivity contribution in [2.75, 3.05) is 6.54 Å². The summed E-state index contributed by atoms with van der Waals surface area (Å²) in [6, 6.07) is 0.733. The molecule has 0 radical (unpaired) electrons. The second-order valence-corrected chi connectivity index (χ2v) is 4.17. The van der Waals surface area contributed by atoms with Crippen LogP contribution < -0.4 is 5.32 Å². The van der Waals surface area contributed by atoms with Gasteiger partial charge in [-0.3, -0.25) is 0 Å². The molecule has 1 heterocycles. The van der Waals surface area contributed by atoms with Gasteiger partial charge in [0.1, 0.15) is 0 Å². The van der Waals surface area contributed by atoms with E-state index in [1.54, 1.807) is 0 Å². The highest BCUT2D eigenvalue weighted by molar-refractivity contribution is 14.1. The number of hydrogen-bond donors (Lipinski definition) is 1. The summed E-state index contributed by atoms with van der Waals surface area (Å²) in [6.45, 7) is 5.76. The predicted molar refractivity (Wildman–Crippen MR) is 44.4 cm³/mol. The molecule has 1 nitrogen and oxygen atoms in total. The molecule has 1 rings (SSSR count). The van der Waals surface area contributed by atoms with Crippen molar-refractivity contribution in [1.82, 2.24) is 5.32 Å². The number of hydrogen-bond acceptors (Lipinski definition) is 1. The van der Waals surface area contributed by atoms with E-state index in [0.29, 0.717) is 0 Å². The zero-order chi connectivity index (χ0) is 6.15. The Morgan fingerprint density at radius 2 is 2.12 bits per heavy atom. The van der Waals surface area contributed by atoms with E-state index >= 15 is 0 Å². The molecule has 0 amide bonds. The second kappa shape index (κ2) is 2.52. The van der Waals surface area contributed by atoms with Crippen LogP contribution in [0.25, 0.3) is 0 Å². The van der Waals surface area contributed by atoms with E-state index < -0.39 is 0 Å². The lowest BCUT2D eigenvalue weighted by atomic mass is 10.1. The van der Waals surface area contributed by atoms with Crippen LogP contribution in [0.4, 0.5) is 0 Å². The van der Waals surface area contributed by atoms with E-state index in [-0.39, 0.29) is 0 Å². The van der Waals surface area contributed by atoms with Crippen LogP contribution in [0.5, 0.6) is 0 Å². The summed E-state index contributed by atoms with van der Waals surface area (Å²) in [5.41, 5.74) is 0. The SMILES string of the molecule is CC1NCC(I)C1C. The average Bonchev–Trinajstić information content (AvgIpc) is 1.98. The molecule has 1 saturated heterocycles. The van der Waals surface area contributed by atoms with Gasteiger partial charge in [-0.25, -0.2) is 0 Å². The van der Waals surface area contributed by atoms with Gasteiger partial charge in [-0.1, -0.05) is 29.5 Å². The Kier molecular flexibility index (Phi) is 2.14. The Hall–Kier alpha value is 0.690.